The molecule has 25 heavy (non-hydrogen) atoms. The molecule has 0 saturated carbocycles. The number of carbonyl (C=O) groups is 2. The zero-order valence-electron chi connectivity index (χ0n) is 14.8. The van der Waals surface area contributed by atoms with Crippen LogP contribution < -0.4 is 4.74 Å². The van der Waals surface area contributed by atoms with Crippen molar-refractivity contribution in [3.05, 3.63) is 28.3 Å². The molecule has 7 nitrogen and oxygen atoms in total. The third kappa shape index (κ3) is 3.34. The number of cyclic esters (lactones) is 1. The molecule has 2 aliphatic rings. The Labute approximate surface area is 146 Å². The molecular weight excluding hydrogens is 328 g/mol. The first-order valence-corrected chi connectivity index (χ1v) is 8.19. The Kier molecular flexibility index (Phi) is 4.96. The Morgan fingerprint density at radius 3 is 2.76 bits per heavy atom. The van der Waals surface area contributed by atoms with Gasteiger partial charge in [-0.05, 0) is 25.5 Å². The van der Waals surface area contributed by atoms with Crippen LogP contribution in [0.15, 0.2) is 6.07 Å². The van der Waals surface area contributed by atoms with Crippen molar-refractivity contribution >= 4 is 11.9 Å². The molecule has 3 atom stereocenters. The van der Waals surface area contributed by atoms with Crippen LogP contribution in [-0.4, -0.2) is 38.4 Å². The topological polar surface area (TPSA) is 80.3 Å². The number of fused-ring (bicyclic) bond motifs is 1. The highest BCUT2D eigenvalue weighted by molar-refractivity contribution is 5.97. The van der Waals surface area contributed by atoms with E-state index in [4.69, 9.17) is 23.7 Å². The van der Waals surface area contributed by atoms with Gasteiger partial charge in [0.1, 0.15) is 17.9 Å². The fourth-order valence-electron chi connectivity index (χ4n) is 3.37. The van der Waals surface area contributed by atoms with Crippen LogP contribution in [0.1, 0.15) is 53.1 Å². The summed E-state index contributed by atoms with van der Waals surface area (Å²) in [4.78, 5) is 23.7. The average Bonchev–Trinajstić information content (AvgIpc) is 2.95. The third-order valence-corrected chi connectivity index (χ3v) is 4.51. The summed E-state index contributed by atoms with van der Waals surface area (Å²) in [5, 5.41) is 0. The quantitative estimate of drug-likeness (QED) is 0.772. The Balaban J connectivity index is 1.94. The molecular formula is C18H22O7. The molecule has 0 spiro atoms. The summed E-state index contributed by atoms with van der Waals surface area (Å²) in [6.45, 7) is 3.93. The van der Waals surface area contributed by atoms with E-state index in [0.29, 0.717) is 23.3 Å². The summed E-state index contributed by atoms with van der Waals surface area (Å²) in [6, 6.07) is 1.89. The monoisotopic (exact) mass is 350 g/mol. The van der Waals surface area contributed by atoms with Gasteiger partial charge in [-0.2, -0.15) is 0 Å². The number of methoxy groups -OCH3 is 2. The highest BCUT2D eigenvalue weighted by atomic mass is 16.7. The number of rotatable bonds is 4. The van der Waals surface area contributed by atoms with Gasteiger partial charge in [0.15, 0.2) is 6.29 Å². The molecule has 2 heterocycles. The zero-order chi connectivity index (χ0) is 18.1. The minimum Gasteiger partial charge on any atom is -0.496 e. The predicted molar refractivity (Wildman–Crippen MR) is 86.3 cm³/mol. The minimum absolute atomic E-state index is 0.0931. The molecule has 7 heteroatoms. The SMILES string of the molecule is COC(=O)CC1CC(C)OC(c2cc(C)c(OC)c3c2COC3=O)O1. The number of carbonyl (C=O) groups excluding carboxylic acids is 2. The zero-order valence-corrected chi connectivity index (χ0v) is 14.8. The second-order valence-corrected chi connectivity index (χ2v) is 6.30. The maximum Gasteiger partial charge on any atom is 0.342 e. The highest BCUT2D eigenvalue weighted by Crippen LogP contribution is 2.41. The van der Waals surface area contributed by atoms with Crippen molar-refractivity contribution in [1.29, 1.82) is 0 Å². The maximum atomic E-state index is 12.1. The van der Waals surface area contributed by atoms with Gasteiger partial charge >= 0.3 is 11.9 Å². The van der Waals surface area contributed by atoms with E-state index in [9.17, 15) is 9.59 Å². The smallest absolute Gasteiger partial charge is 0.342 e. The van der Waals surface area contributed by atoms with E-state index in [1.54, 1.807) is 0 Å². The molecule has 136 valence electrons. The number of benzene rings is 1. The summed E-state index contributed by atoms with van der Waals surface area (Å²) in [5.74, 6) is -0.226. The van der Waals surface area contributed by atoms with Gasteiger partial charge in [0.2, 0.25) is 0 Å². The van der Waals surface area contributed by atoms with Gasteiger partial charge in [0.25, 0.3) is 0 Å². The molecule has 0 radical (unpaired) electrons. The van der Waals surface area contributed by atoms with Crippen LogP contribution in [0.3, 0.4) is 0 Å². The largest absolute Gasteiger partial charge is 0.496 e. The number of hydrogen-bond donors (Lipinski definition) is 0. The Hall–Kier alpha value is -2.12. The second-order valence-electron chi connectivity index (χ2n) is 6.30. The molecule has 3 unspecified atom stereocenters. The van der Waals surface area contributed by atoms with Crippen LogP contribution >= 0.6 is 0 Å². The lowest BCUT2D eigenvalue weighted by molar-refractivity contribution is -0.245. The van der Waals surface area contributed by atoms with Gasteiger partial charge in [-0.15, -0.1) is 0 Å². The minimum atomic E-state index is -0.675. The van der Waals surface area contributed by atoms with Gasteiger partial charge in [-0.3, -0.25) is 4.79 Å². The fourth-order valence-corrected chi connectivity index (χ4v) is 3.37. The normalized spacial score (nSPS) is 25.3. The molecule has 2 aliphatic heterocycles. The first-order valence-electron chi connectivity index (χ1n) is 8.19. The lowest BCUT2D eigenvalue weighted by Gasteiger charge is -2.35. The maximum absolute atomic E-state index is 12.1. The van der Waals surface area contributed by atoms with Gasteiger partial charge in [-0.1, -0.05) is 0 Å². The van der Waals surface area contributed by atoms with Gasteiger partial charge in [-0.25, -0.2) is 4.79 Å². The van der Waals surface area contributed by atoms with Crippen molar-refractivity contribution in [2.24, 2.45) is 0 Å². The van der Waals surface area contributed by atoms with Gasteiger partial charge in [0.05, 0.1) is 32.8 Å². The number of hydrogen-bond acceptors (Lipinski definition) is 7. The van der Waals surface area contributed by atoms with Gasteiger partial charge < -0.3 is 23.7 Å². The number of esters is 2. The van der Waals surface area contributed by atoms with Gasteiger partial charge in [0, 0.05) is 17.5 Å². The molecule has 0 amide bonds. The lowest BCUT2D eigenvalue weighted by atomic mass is 9.97. The summed E-state index contributed by atoms with van der Waals surface area (Å²) in [6.07, 6.45) is -0.320. The summed E-state index contributed by atoms with van der Waals surface area (Å²) < 4.78 is 27.2. The van der Waals surface area contributed by atoms with Crippen molar-refractivity contribution in [2.45, 2.75) is 51.8 Å². The van der Waals surface area contributed by atoms with Crippen molar-refractivity contribution < 1.29 is 33.3 Å². The van der Waals surface area contributed by atoms with Crippen molar-refractivity contribution in [2.75, 3.05) is 14.2 Å². The molecule has 3 rings (SSSR count). The summed E-state index contributed by atoms with van der Waals surface area (Å²) in [5.41, 5.74) is 2.67. The first-order chi connectivity index (χ1) is 11.9. The van der Waals surface area contributed by atoms with E-state index in [2.05, 4.69) is 0 Å². The van der Waals surface area contributed by atoms with Crippen LogP contribution in [-0.2, 0) is 30.3 Å². The average molecular weight is 350 g/mol. The molecule has 0 aromatic heterocycles. The molecule has 1 aromatic carbocycles. The number of ether oxygens (including phenoxy) is 5. The number of aryl methyl sites for hydroxylation is 1. The van der Waals surface area contributed by atoms with E-state index in [-0.39, 0.29) is 31.2 Å². The molecule has 0 N–H and O–H groups in total. The van der Waals surface area contributed by atoms with Crippen molar-refractivity contribution in [3.63, 3.8) is 0 Å². The molecule has 0 bridgehead atoms. The van der Waals surface area contributed by atoms with E-state index in [1.807, 2.05) is 19.9 Å². The standard InChI is InChI=1S/C18H22O7/c1-9-5-12(13-8-23-17(20)15(13)16(9)22-4)18-24-10(2)6-11(25-18)7-14(19)21-3/h5,10-11,18H,6-8H2,1-4H3. The highest BCUT2D eigenvalue weighted by Gasteiger charge is 2.37. The molecule has 0 aliphatic carbocycles. The van der Waals surface area contributed by atoms with E-state index < -0.39 is 12.3 Å². The summed E-state index contributed by atoms with van der Waals surface area (Å²) in [7, 11) is 2.88. The van der Waals surface area contributed by atoms with Crippen LogP contribution in [0.25, 0.3) is 0 Å². The van der Waals surface area contributed by atoms with Crippen LogP contribution in [0.4, 0.5) is 0 Å². The van der Waals surface area contributed by atoms with Crippen LogP contribution in [0.2, 0.25) is 0 Å². The Morgan fingerprint density at radius 1 is 1.32 bits per heavy atom. The van der Waals surface area contributed by atoms with Crippen molar-refractivity contribution in [1.82, 2.24) is 0 Å². The van der Waals surface area contributed by atoms with E-state index in [0.717, 1.165) is 11.1 Å². The Morgan fingerprint density at radius 2 is 2.08 bits per heavy atom. The first kappa shape index (κ1) is 17.7. The van der Waals surface area contributed by atoms with Crippen molar-refractivity contribution in [3.8, 4) is 5.75 Å². The lowest BCUT2D eigenvalue weighted by Crippen LogP contribution is -2.34. The Bertz CT molecular complexity index is 697. The molecule has 1 fully saturated rings. The predicted octanol–water partition coefficient (Wildman–Crippen LogP) is 2.43. The van der Waals surface area contributed by atoms with E-state index in [1.165, 1.54) is 14.2 Å². The van der Waals surface area contributed by atoms with E-state index >= 15 is 0 Å². The van der Waals surface area contributed by atoms with Crippen LogP contribution in [0.5, 0.6) is 5.75 Å². The molecule has 1 aromatic rings. The summed E-state index contributed by atoms with van der Waals surface area (Å²) >= 11 is 0. The molecule has 1 saturated heterocycles. The fraction of sp³-hybridized carbons (Fsp3) is 0.556. The second kappa shape index (κ2) is 7.01. The third-order valence-electron chi connectivity index (χ3n) is 4.51. The van der Waals surface area contributed by atoms with Crippen LogP contribution in [0, 0.1) is 6.92 Å².